The molecule has 1 unspecified atom stereocenters. The minimum Gasteiger partial charge on any atom is -0.396 e. The summed E-state index contributed by atoms with van der Waals surface area (Å²) in [7, 11) is -2.55. The molecule has 0 aliphatic heterocycles. The minimum atomic E-state index is -2.55. The number of benzene rings is 2. The van der Waals surface area contributed by atoms with Gasteiger partial charge in [-0.15, -0.1) is 0 Å². The number of halogens is 5. The molecule has 1 N–H and O–H groups in total. The molecule has 2 nitrogen and oxygen atoms in total. The van der Waals surface area contributed by atoms with Crippen LogP contribution in [0.15, 0.2) is 29.2 Å². The van der Waals surface area contributed by atoms with Gasteiger partial charge in [0, 0.05) is 24.2 Å². The lowest BCUT2D eigenvalue weighted by Gasteiger charge is -2.06. The Morgan fingerprint density at radius 2 is 1.31 bits per heavy atom. The fourth-order valence-corrected chi connectivity index (χ4v) is 3.16. The molecule has 0 amide bonds. The average molecular weight is 426 g/mol. The summed E-state index contributed by atoms with van der Waals surface area (Å²) < 4.78 is 79.0. The summed E-state index contributed by atoms with van der Waals surface area (Å²) in [5.41, 5.74) is 1.04. The van der Waals surface area contributed by atoms with Crippen molar-refractivity contribution in [2.75, 3.05) is 12.4 Å². The largest absolute Gasteiger partial charge is 0.396 e. The van der Waals surface area contributed by atoms with Crippen molar-refractivity contribution < 1.29 is 31.3 Å². The highest BCUT2D eigenvalue weighted by atomic mass is 32.2. The molecular weight excluding hydrogens is 411 g/mol. The molecular formula is C21H15F5O2S. The first-order valence-corrected chi connectivity index (χ1v) is 9.77. The molecule has 1 atom stereocenters. The molecule has 0 aliphatic rings. The van der Waals surface area contributed by atoms with Gasteiger partial charge in [0.15, 0.2) is 23.3 Å². The van der Waals surface area contributed by atoms with Crippen LogP contribution in [0, 0.1) is 52.8 Å². The van der Waals surface area contributed by atoms with Gasteiger partial charge in [0.1, 0.15) is 4.90 Å². The Kier molecular flexibility index (Phi) is 8.38. The van der Waals surface area contributed by atoms with Crippen molar-refractivity contribution in [3.8, 4) is 23.7 Å². The zero-order valence-electron chi connectivity index (χ0n) is 15.0. The van der Waals surface area contributed by atoms with Crippen LogP contribution in [-0.4, -0.2) is 21.7 Å². The lowest BCUT2D eigenvalue weighted by molar-refractivity contribution is 0.285. The Labute approximate surface area is 167 Å². The van der Waals surface area contributed by atoms with Gasteiger partial charge >= 0.3 is 0 Å². The quantitative estimate of drug-likeness (QED) is 0.258. The topological polar surface area (TPSA) is 37.3 Å². The Morgan fingerprint density at radius 3 is 1.86 bits per heavy atom. The summed E-state index contributed by atoms with van der Waals surface area (Å²) in [4.78, 5) is -1.40. The van der Waals surface area contributed by atoms with Gasteiger partial charge in [-0.2, -0.15) is 0 Å². The number of aliphatic hydroxyl groups excluding tert-OH is 1. The molecule has 29 heavy (non-hydrogen) atoms. The lowest BCUT2D eigenvalue weighted by Crippen LogP contribution is -2.10. The van der Waals surface area contributed by atoms with E-state index < -0.39 is 50.5 Å². The Bertz CT molecular complexity index is 1020. The molecule has 0 aromatic heterocycles. The normalized spacial score (nSPS) is 11.2. The number of rotatable bonds is 5. The van der Waals surface area contributed by atoms with Gasteiger partial charge in [0.25, 0.3) is 0 Å². The second-order valence-electron chi connectivity index (χ2n) is 5.72. The van der Waals surface area contributed by atoms with Crippen LogP contribution < -0.4 is 0 Å². The van der Waals surface area contributed by atoms with Crippen LogP contribution in [0.5, 0.6) is 0 Å². The maximum atomic E-state index is 13.7. The standard InChI is InChI=1S/C21H15F5O2S/c22-16-17(23)19(25)21(20(26)18(16)24)29(28)13-7-11-15-10-5-4-9-14(15)8-3-1-2-6-12-27/h4-5,9-10,27H,1-2,6,12-13H2. The minimum absolute atomic E-state index is 0.0872. The first kappa shape index (κ1) is 22.6. The maximum Gasteiger partial charge on any atom is 0.200 e. The van der Waals surface area contributed by atoms with E-state index in [4.69, 9.17) is 5.11 Å². The van der Waals surface area contributed by atoms with Gasteiger partial charge in [-0.25, -0.2) is 22.0 Å². The number of unbranched alkanes of at least 4 members (excludes halogenated alkanes) is 2. The molecule has 0 saturated heterocycles. The van der Waals surface area contributed by atoms with Crippen molar-refractivity contribution in [3.05, 3.63) is 64.5 Å². The number of aliphatic hydroxyl groups is 1. The summed E-state index contributed by atoms with van der Waals surface area (Å²) >= 11 is 0. The highest BCUT2D eigenvalue weighted by Crippen LogP contribution is 2.25. The molecule has 152 valence electrons. The predicted molar refractivity (Wildman–Crippen MR) is 98.6 cm³/mol. The predicted octanol–water partition coefficient (Wildman–Crippen LogP) is 4.06. The summed E-state index contributed by atoms with van der Waals surface area (Å²) in [6, 6.07) is 6.74. The molecule has 2 aromatic carbocycles. The summed E-state index contributed by atoms with van der Waals surface area (Å²) in [5.74, 6) is -0.567. The fourth-order valence-electron chi connectivity index (χ4n) is 2.24. The number of hydrogen-bond acceptors (Lipinski definition) is 2. The molecule has 0 bridgehead atoms. The van der Waals surface area contributed by atoms with Gasteiger partial charge in [-0.05, 0) is 25.0 Å². The zero-order valence-corrected chi connectivity index (χ0v) is 15.8. The molecule has 0 radical (unpaired) electrons. The maximum absolute atomic E-state index is 13.7. The SMILES string of the molecule is O=S(CC#Cc1ccccc1C#CCCCCO)c1c(F)c(F)c(F)c(F)c1F. The Hall–Kier alpha value is -2.68. The molecule has 0 saturated carbocycles. The third-order valence-electron chi connectivity index (χ3n) is 3.68. The van der Waals surface area contributed by atoms with Gasteiger partial charge in [0.2, 0.25) is 5.82 Å². The second-order valence-corrected chi connectivity index (χ2v) is 7.11. The first-order chi connectivity index (χ1) is 13.9. The molecule has 2 aromatic rings. The van der Waals surface area contributed by atoms with E-state index in [1.165, 1.54) is 0 Å². The van der Waals surface area contributed by atoms with Crippen molar-refractivity contribution in [2.45, 2.75) is 24.2 Å². The molecule has 0 fully saturated rings. The first-order valence-electron chi connectivity index (χ1n) is 8.46. The van der Waals surface area contributed by atoms with E-state index in [1.807, 2.05) is 0 Å². The zero-order chi connectivity index (χ0) is 21.4. The Morgan fingerprint density at radius 1 is 0.793 bits per heavy atom. The summed E-state index contributed by atoms with van der Waals surface area (Å²) in [5, 5.41) is 8.73. The highest BCUT2D eigenvalue weighted by Gasteiger charge is 2.28. The van der Waals surface area contributed by atoms with Crippen LogP contribution in [0.3, 0.4) is 0 Å². The van der Waals surface area contributed by atoms with E-state index >= 15 is 0 Å². The molecule has 2 rings (SSSR count). The number of hydrogen-bond donors (Lipinski definition) is 1. The van der Waals surface area contributed by atoms with Crippen LogP contribution in [0.4, 0.5) is 22.0 Å². The smallest absolute Gasteiger partial charge is 0.200 e. The highest BCUT2D eigenvalue weighted by molar-refractivity contribution is 7.85. The van der Waals surface area contributed by atoms with Crippen LogP contribution in [-0.2, 0) is 10.8 Å². The van der Waals surface area contributed by atoms with Crippen molar-refractivity contribution in [2.24, 2.45) is 0 Å². The van der Waals surface area contributed by atoms with Crippen molar-refractivity contribution >= 4 is 10.8 Å². The van der Waals surface area contributed by atoms with Crippen LogP contribution in [0.2, 0.25) is 0 Å². The monoisotopic (exact) mass is 426 g/mol. The molecule has 0 spiro atoms. The second kappa shape index (κ2) is 10.8. The lowest BCUT2D eigenvalue weighted by atomic mass is 10.1. The van der Waals surface area contributed by atoms with Gasteiger partial charge in [-0.1, -0.05) is 35.8 Å². The fraction of sp³-hybridized carbons (Fsp3) is 0.238. The third kappa shape index (κ3) is 5.66. The van der Waals surface area contributed by atoms with E-state index in [2.05, 4.69) is 23.7 Å². The van der Waals surface area contributed by atoms with Gasteiger partial charge in [0.05, 0.1) is 16.6 Å². The van der Waals surface area contributed by atoms with E-state index in [-0.39, 0.29) is 6.61 Å². The summed E-state index contributed by atoms with van der Waals surface area (Å²) in [6.45, 7) is 0.0872. The molecule has 0 heterocycles. The molecule has 8 heteroatoms. The van der Waals surface area contributed by atoms with E-state index in [0.29, 0.717) is 24.0 Å². The van der Waals surface area contributed by atoms with Crippen molar-refractivity contribution in [1.29, 1.82) is 0 Å². The Balaban J connectivity index is 2.20. The average Bonchev–Trinajstić information content (AvgIpc) is 2.72. The van der Waals surface area contributed by atoms with E-state index in [1.54, 1.807) is 24.3 Å². The van der Waals surface area contributed by atoms with E-state index in [0.717, 1.165) is 6.42 Å². The van der Waals surface area contributed by atoms with Gasteiger partial charge in [-0.3, -0.25) is 4.21 Å². The van der Waals surface area contributed by atoms with Crippen LogP contribution in [0.25, 0.3) is 0 Å². The van der Waals surface area contributed by atoms with Crippen LogP contribution >= 0.6 is 0 Å². The van der Waals surface area contributed by atoms with Gasteiger partial charge < -0.3 is 5.11 Å². The van der Waals surface area contributed by atoms with Crippen molar-refractivity contribution in [1.82, 2.24) is 0 Å². The molecule has 0 aliphatic carbocycles. The summed E-state index contributed by atoms with van der Waals surface area (Å²) in [6.07, 6.45) is 1.95. The van der Waals surface area contributed by atoms with E-state index in [9.17, 15) is 26.2 Å². The van der Waals surface area contributed by atoms with Crippen molar-refractivity contribution in [3.63, 3.8) is 0 Å². The van der Waals surface area contributed by atoms with Crippen LogP contribution in [0.1, 0.15) is 30.4 Å². The third-order valence-corrected chi connectivity index (χ3v) is 4.90.